The number of benzene rings is 1. The van der Waals surface area contributed by atoms with Crippen LogP contribution in [-0.4, -0.2) is 35.2 Å². The van der Waals surface area contributed by atoms with Gasteiger partial charge in [-0.1, -0.05) is 18.2 Å². The van der Waals surface area contributed by atoms with Crippen molar-refractivity contribution in [3.05, 3.63) is 44.7 Å². The third-order valence-electron chi connectivity index (χ3n) is 4.87. The molecule has 0 aliphatic carbocycles. The molecule has 138 valence electrons. The van der Waals surface area contributed by atoms with E-state index in [1.165, 1.54) is 11.6 Å². The molecule has 0 radical (unpaired) electrons. The molecule has 1 aliphatic rings. The van der Waals surface area contributed by atoms with Gasteiger partial charge in [-0.15, -0.1) is 0 Å². The third kappa shape index (κ3) is 3.02. The topological polar surface area (TPSA) is 94.7 Å². The van der Waals surface area contributed by atoms with E-state index in [0.29, 0.717) is 49.1 Å². The molecule has 26 heavy (non-hydrogen) atoms. The van der Waals surface area contributed by atoms with Crippen LogP contribution in [0.2, 0.25) is 0 Å². The Morgan fingerprint density at radius 2 is 1.96 bits per heavy atom. The van der Waals surface area contributed by atoms with Gasteiger partial charge in [0.1, 0.15) is 5.69 Å². The van der Waals surface area contributed by atoms with Gasteiger partial charge >= 0.3 is 17.2 Å². The van der Waals surface area contributed by atoms with Gasteiger partial charge in [-0.05, 0) is 25.8 Å². The molecule has 1 aliphatic heterocycles. The molecule has 1 fully saturated rings. The molecular formula is C18H21N3O5. The van der Waals surface area contributed by atoms with Gasteiger partial charge in [0.25, 0.3) is 0 Å². The minimum atomic E-state index is -0.629. The van der Waals surface area contributed by atoms with Crippen molar-refractivity contribution >= 4 is 28.2 Å². The van der Waals surface area contributed by atoms with Gasteiger partial charge in [0.15, 0.2) is 0 Å². The van der Waals surface area contributed by atoms with Crippen LogP contribution in [0.1, 0.15) is 19.8 Å². The summed E-state index contributed by atoms with van der Waals surface area (Å²) >= 11 is 0. The van der Waals surface area contributed by atoms with Crippen molar-refractivity contribution < 1.29 is 14.5 Å². The molecule has 0 N–H and O–H groups in total. The second-order valence-corrected chi connectivity index (χ2v) is 6.35. The predicted molar refractivity (Wildman–Crippen MR) is 97.4 cm³/mol. The first-order valence-corrected chi connectivity index (χ1v) is 8.63. The number of ether oxygens (including phenoxy) is 1. The van der Waals surface area contributed by atoms with Crippen LogP contribution in [0.25, 0.3) is 10.9 Å². The minimum Gasteiger partial charge on any atom is -0.466 e. The number of piperidine rings is 1. The van der Waals surface area contributed by atoms with Gasteiger partial charge in [0.05, 0.1) is 23.0 Å². The van der Waals surface area contributed by atoms with Crippen molar-refractivity contribution in [2.75, 3.05) is 24.6 Å². The summed E-state index contributed by atoms with van der Waals surface area (Å²) in [7, 11) is 1.54. The molecule has 0 amide bonds. The summed E-state index contributed by atoms with van der Waals surface area (Å²) in [6.07, 6.45) is 1.08. The lowest BCUT2D eigenvalue weighted by Crippen LogP contribution is -2.38. The summed E-state index contributed by atoms with van der Waals surface area (Å²) in [5, 5.41) is 12.3. The van der Waals surface area contributed by atoms with Gasteiger partial charge in [0, 0.05) is 25.5 Å². The summed E-state index contributed by atoms with van der Waals surface area (Å²) in [5.74, 6) is -0.432. The molecule has 1 aromatic heterocycles. The summed E-state index contributed by atoms with van der Waals surface area (Å²) in [6, 6.07) is 7.15. The van der Waals surface area contributed by atoms with Crippen LogP contribution in [0.5, 0.6) is 0 Å². The van der Waals surface area contributed by atoms with Crippen molar-refractivity contribution in [2.24, 2.45) is 13.0 Å². The molecule has 3 rings (SSSR count). The molecule has 0 bridgehead atoms. The van der Waals surface area contributed by atoms with E-state index < -0.39 is 16.2 Å². The van der Waals surface area contributed by atoms with Gasteiger partial charge in [-0.2, -0.15) is 0 Å². The number of rotatable bonds is 4. The molecular weight excluding hydrogens is 338 g/mol. The highest BCUT2D eigenvalue weighted by molar-refractivity contribution is 5.96. The number of aromatic nitrogens is 1. The number of nitro groups is 1. The fraction of sp³-hybridized carbons (Fsp3) is 0.444. The van der Waals surface area contributed by atoms with Gasteiger partial charge in [-0.3, -0.25) is 19.7 Å². The lowest BCUT2D eigenvalue weighted by Gasteiger charge is -2.33. The average Bonchev–Trinajstić information content (AvgIpc) is 2.64. The van der Waals surface area contributed by atoms with Crippen molar-refractivity contribution in [2.45, 2.75) is 19.8 Å². The number of carbonyl (C=O) groups excluding carboxylic acids is 1. The first-order chi connectivity index (χ1) is 12.5. The number of nitrogens with zero attached hydrogens (tertiary/aromatic N) is 3. The van der Waals surface area contributed by atoms with Crippen molar-refractivity contribution in [1.29, 1.82) is 0 Å². The maximum atomic E-state index is 12.6. The quantitative estimate of drug-likeness (QED) is 0.472. The molecule has 1 aromatic carbocycles. The highest BCUT2D eigenvalue weighted by atomic mass is 16.6. The lowest BCUT2D eigenvalue weighted by molar-refractivity contribution is -0.385. The van der Waals surface area contributed by atoms with E-state index in [2.05, 4.69) is 0 Å². The fourth-order valence-electron chi connectivity index (χ4n) is 3.55. The summed E-state index contributed by atoms with van der Waals surface area (Å²) in [4.78, 5) is 37.4. The number of fused-ring (bicyclic) bond motifs is 1. The third-order valence-corrected chi connectivity index (χ3v) is 4.87. The molecule has 1 saturated heterocycles. The lowest BCUT2D eigenvalue weighted by atomic mass is 9.96. The minimum absolute atomic E-state index is 0.205. The fourth-order valence-corrected chi connectivity index (χ4v) is 3.55. The van der Waals surface area contributed by atoms with Crippen molar-refractivity contribution in [3.8, 4) is 0 Å². The van der Waals surface area contributed by atoms with Crippen molar-refractivity contribution in [1.82, 2.24) is 4.57 Å². The normalized spacial score (nSPS) is 15.2. The van der Waals surface area contributed by atoms with Crippen molar-refractivity contribution in [3.63, 3.8) is 0 Å². The van der Waals surface area contributed by atoms with Crippen LogP contribution in [0.4, 0.5) is 11.4 Å². The summed E-state index contributed by atoms with van der Waals surface area (Å²) in [5.41, 5.74) is -0.0568. The number of para-hydroxylation sites is 1. The first-order valence-electron chi connectivity index (χ1n) is 8.63. The number of pyridine rings is 1. The summed E-state index contributed by atoms with van der Waals surface area (Å²) in [6.45, 7) is 3.02. The van der Waals surface area contributed by atoms with Crippen LogP contribution >= 0.6 is 0 Å². The van der Waals surface area contributed by atoms with E-state index in [1.54, 1.807) is 31.2 Å². The zero-order valence-corrected chi connectivity index (χ0v) is 14.8. The van der Waals surface area contributed by atoms with E-state index >= 15 is 0 Å². The highest BCUT2D eigenvalue weighted by Crippen LogP contribution is 2.35. The van der Waals surface area contributed by atoms with Gasteiger partial charge in [-0.25, -0.2) is 0 Å². The molecule has 2 aromatic rings. The Morgan fingerprint density at radius 1 is 1.31 bits per heavy atom. The van der Waals surface area contributed by atoms with E-state index in [1.807, 2.05) is 4.90 Å². The van der Waals surface area contributed by atoms with E-state index in [9.17, 15) is 19.7 Å². The Morgan fingerprint density at radius 3 is 2.58 bits per heavy atom. The van der Waals surface area contributed by atoms with Crippen LogP contribution in [0.3, 0.4) is 0 Å². The van der Waals surface area contributed by atoms with Gasteiger partial charge < -0.3 is 14.2 Å². The Balaban J connectivity index is 2.04. The maximum absolute atomic E-state index is 12.6. The zero-order chi connectivity index (χ0) is 18.8. The Bertz CT molecular complexity index is 913. The number of hydrogen-bond donors (Lipinski definition) is 0. The monoisotopic (exact) mass is 359 g/mol. The Labute approximate surface area is 150 Å². The second kappa shape index (κ2) is 7.15. The van der Waals surface area contributed by atoms with E-state index in [-0.39, 0.29) is 11.9 Å². The first kappa shape index (κ1) is 17.9. The predicted octanol–water partition coefficient (Wildman–Crippen LogP) is 2.23. The van der Waals surface area contributed by atoms with E-state index in [4.69, 9.17) is 4.74 Å². The van der Waals surface area contributed by atoms with Crippen LogP contribution in [0.15, 0.2) is 29.1 Å². The number of esters is 1. The Kier molecular flexibility index (Phi) is 4.92. The smallest absolute Gasteiger partial charge is 0.357 e. The zero-order valence-electron chi connectivity index (χ0n) is 14.8. The molecule has 8 heteroatoms. The average molecular weight is 359 g/mol. The van der Waals surface area contributed by atoms with Gasteiger partial charge in [0.2, 0.25) is 0 Å². The molecule has 0 atom stereocenters. The summed E-state index contributed by atoms with van der Waals surface area (Å²) < 4.78 is 6.38. The second-order valence-electron chi connectivity index (χ2n) is 6.35. The standard InChI is InChI=1S/C18H21N3O5/c1-3-26-18(23)12-8-10-20(11-9-12)15-13-6-4-5-7-14(13)19(2)17(22)16(15)21(24)25/h4-7,12H,3,8-11H2,1-2H3. The Hall–Kier alpha value is -2.90. The maximum Gasteiger partial charge on any atom is 0.357 e. The largest absolute Gasteiger partial charge is 0.466 e. The van der Waals surface area contributed by atoms with Crippen LogP contribution in [-0.2, 0) is 16.6 Å². The van der Waals surface area contributed by atoms with Crippen LogP contribution in [0, 0.1) is 16.0 Å². The number of hydrogen-bond acceptors (Lipinski definition) is 6. The molecule has 8 nitrogen and oxygen atoms in total. The number of carbonyl (C=O) groups is 1. The molecule has 0 unspecified atom stereocenters. The number of aryl methyl sites for hydroxylation is 1. The highest BCUT2D eigenvalue weighted by Gasteiger charge is 2.33. The van der Waals surface area contributed by atoms with Crippen LogP contribution < -0.4 is 10.5 Å². The number of anilines is 1. The molecule has 2 heterocycles. The molecule has 0 saturated carbocycles. The molecule has 0 spiro atoms. The van der Waals surface area contributed by atoms with E-state index in [0.717, 1.165) is 0 Å². The SMILES string of the molecule is CCOC(=O)C1CCN(c2c([N+](=O)[O-])c(=O)n(C)c3ccccc23)CC1.